The third-order valence-electron chi connectivity index (χ3n) is 4.51. The normalized spacial score (nSPS) is 11.6. The van der Waals surface area contributed by atoms with Crippen molar-refractivity contribution in [3.63, 3.8) is 0 Å². The maximum absolute atomic E-state index is 13.5. The van der Waals surface area contributed by atoms with Crippen LogP contribution in [0, 0.1) is 5.82 Å². The molecule has 0 atom stereocenters. The summed E-state index contributed by atoms with van der Waals surface area (Å²) in [6.07, 6.45) is 2.38. The van der Waals surface area contributed by atoms with Crippen LogP contribution < -0.4 is 45.2 Å². The van der Waals surface area contributed by atoms with Crippen LogP contribution in [-0.2, 0) is 14.9 Å². The average Bonchev–Trinajstić information content (AvgIpc) is 3.28. The molecule has 0 saturated carbocycles. The van der Waals surface area contributed by atoms with Gasteiger partial charge >= 0.3 is 29.6 Å². The van der Waals surface area contributed by atoms with Crippen LogP contribution in [0.5, 0.6) is 0 Å². The second kappa shape index (κ2) is 12.6. The van der Waals surface area contributed by atoms with Gasteiger partial charge in [0, 0.05) is 25.3 Å². The van der Waals surface area contributed by atoms with Crippen LogP contribution in [0.1, 0.15) is 21.7 Å². The number of nitrogens with zero attached hydrogens (tertiary/aromatic N) is 2. The molecular formula is C23H20FN4NaO6S. The van der Waals surface area contributed by atoms with Crippen LogP contribution in [0.25, 0.3) is 6.08 Å². The molecule has 2 aromatic carbocycles. The molecule has 3 aromatic rings. The van der Waals surface area contributed by atoms with Crippen molar-refractivity contribution in [2.45, 2.75) is 5.09 Å². The monoisotopic (exact) mass is 522 g/mol. The van der Waals surface area contributed by atoms with E-state index >= 15 is 0 Å². The molecule has 0 spiro atoms. The van der Waals surface area contributed by atoms with Gasteiger partial charge in [0.1, 0.15) is 17.3 Å². The second-order valence-corrected chi connectivity index (χ2v) is 8.63. The van der Waals surface area contributed by atoms with Crippen molar-refractivity contribution in [3.05, 3.63) is 89.1 Å². The number of halogens is 1. The van der Waals surface area contributed by atoms with Crippen LogP contribution in [0.15, 0.2) is 81.0 Å². The van der Waals surface area contributed by atoms with E-state index in [1.807, 2.05) is 31.1 Å². The van der Waals surface area contributed by atoms with E-state index in [0.29, 0.717) is 5.56 Å². The molecule has 36 heavy (non-hydrogen) atoms. The molecule has 0 aliphatic carbocycles. The molecule has 0 unspecified atom stereocenters. The predicted octanol–water partition coefficient (Wildman–Crippen LogP) is -0.686. The zero-order valence-corrected chi connectivity index (χ0v) is 22.4. The summed E-state index contributed by atoms with van der Waals surface area (Å²) in [5.41, 5.74) is 3.47. The molecule has 0 saturated heterocycles. The van der Waals surface area contributed by atoms with Gasteiger partial charge in [-0.15, -0.1) is 0 Å². The Morgan fingerprint density at radius 1 is 1.08 bits per heavy atom. The molecule has 2 amide bonds. The number of hydrazone groups is 1. The van der Waals surface area contributed by atoms with Gasteiger partial charge in [-0.2, -0.15) is 5.10 Å². The maximum atomic E-state index is 13.5. The quantitative estimate of drug-likeness (QED) is 0.131. The molecule has 1 heterocycles. The zero-order chi connectivity index (χ0) is 25.6. The van der Waals surface area contributed by atoms with Crippen molar-refractivity contribution in [2.75, 3.05) is 19.0 Å². The van der Waals surface area contributed by atoms with E-state index in [2.05, 4.69) is 15.8 Å². The molecule has 0 bridgehead atoms. The molecule has 0 aliphatic rings. The number of rotatable bonds is 8. The van der Waals surface area contributed by atoms with Gasteiger partial charge in [0.2, 0.25) is 5.09 Å². The van der Waals surface area contributed by atoms with Crippen molar-refractivity contribution in [3.8, 4) is 0 Å². The number of hydrogen-bond acceptors (Lipinski definition) is 8. The van der Waals surface area contributed by atoms with Crippen LogP contribution in [-0.4, -0.2) is 45.1 Å². The van der Waals surface area contributed by atoms with Crippen molar-refractivity contribution < 1.29 is 60.9 Å². The Balaban J connectivity index is 0.00000456. The summed E-state index contributed by atoms with van der Waals surface area (Å²) in [7, 11) is -1.03. The summed E-state index contributed by atoms with van der Waals surface area (Å²) in [6, 6.07) is 14.2. The minimum Gasteiger partial charge on any atom is -0.742 e. The van der Waals surface area contributed by atoms with Crippen LogP contribution in [0.2, 0.25) is 0 Å². The standard InChI is InChI=1S/C23H21FN4O6S.Na/c1-28(2)18-8-6-15(7-9-18)12-20(26-22(29)16-4-3-5-17(24)13-16)23(30)27-25-14-19-10-11-21(34-19)35(31,32)33;/h3-14H,1-2H3,(H,26,29)(H,27,30)(H,31,32,33);/q;+1/p-1/b20-12+,25-14+;. The Hall–Kier alpha value is -3.29. The Kier molecular flexibility index (Phi) is 10.1. The molecular weight excluding hydrogens is 502 g/mol. The Labute approximate surface area is 228 Å². The Morgan fingerprint density at radius 2 is 1.78 bits per heavy atom. The topological polar surface area (TPSA) is 144 Å². The minimum atomic E-state index is -4.77. The number of nitrogens with one attached hydrogen (secondary N) is 2. The van der Waals surface area contributed by atoms with Gasteiger partial charge in [0.25, 0.3) is 11.8 Å². The van der Waals surface area contributed by atoms with Gasteiger partial charge in [-0.25, -0.2) is 18.2 Å². The molecule has 13 heteroatoms. The van der Waals surface area contributed by atoms with Crippen LogP contribution >= 0.6 is 0 Å². The first kappa shape index (κ1) is 28.9. The molecule has 1 aromatic heterocycles. The van der Waals surface area contributed by atoms with Crippen LogP contribution in [0.4, 0.5) is 10.1 Å². The fourth-order valence-corrected chi connectivity index (χ4v) is 3.20. The average molecular weight is 522 g/mol. The third-order valence-corrected chi connectivity index (χ3v) is 5.22. The van der Waals surface area contributed by atoms with E-state index in [1.54, 1.807) is 12.1 Å². The first-order chi connectivity index (χ1) is 16.5. The van der Waals surface area contributed by atoms with E-state index in [1.165, 1.54) is 30.3 Å². The summed E-state index contributed by atoms with van der Waals surface area (Å²) in [4.78, 5) is 27.2. The van der Waals surface area contributed by atoms with E-state index in [0.717, 1.165) is 24.0 Å². The van der Waals surface area contributed by atoms with E-state index < -0.39 is 32.8 Å². The summed E-state index contributed by atoms with van der Waals surface area (Å²) in [5.74, 6) is -2.27. The first-order valence-corrected chi connectivity index (χ1v) is 11.4. The van der Waals surface area contributed by atoms with Gasteiger partial charge in [0.05, 0.1) is 6.21 Å². The van der Waals surface area contributed by atoms with Gasteiger partial charge in [-0.1, -0.05) is 18.2 Å². The summed E-state index contributed by atoms with van der Waals surface area (Å²) >= 11 is 0. The Bertz CT molecular complexity index is 1400. The number of carbonyl (C=O) groups excluding carboxylic acids is 2. The van der Waals surface area contributed by atoms with Gasteiger partial charge < -0.3 is 19.2 Å². The van der Waals surface area contributed by atoms with Crippen LogP contribution in [0.3, 0.4) is 0 Å². The molecule has 0 aliphatic heterocycles. The van der Waals surface area contributed by atoms with Crippen molar-refractivity contribution in [2.24, 2.45) is 5.10 Å². The Morgan fingerprint density at radius 3 is 2.36 bits per heavy atom. The van der Waals surface area contributed by atoms with Gasteiger partial charge in [-0.3, -0.25) is 9.59 Å². The van der Waals surface area contributed by atoms with E-state index in [-0.39, 0.29) is 46.6 Å². The van der Waals surface area contributed by atoms with Gasteiger partial charge in [0.15, 0.2) is 10.1 Å². The SMILES string of the molecule is CN(C)c1ccc(/C=C(/NC(=O)c2cccc(F)c2)C(=O)N/N=C/c2ccc(S(=O)(=O)[O-])o2)cc1.[Na+]. The third kappa shape index (κ3) is 8.14. The fraction of sp³-hybridized carbons (Fsp3) is 0.0870. The molecule has 182 valence electrons. The van der Waals surface area contributed by atoms with Gasteiger partial charge in [-0.05, 0) is 54.1 Å². The predicted molar refractivity (Wildman–Crippen MR) is 125 cm³/mol. The first-order valence-electron chi connectivity index (χ1n) is 9.98. The van der Waals surface area contributed by atoms with E-state index in [9.17, 15) is 27.0 Å². The number of amides is 2. The summed E-state index contributed by atoms with van der Waals surface area (Å²) in [5, 5.41) is 5.29. The summed E-state index contributed by atoms with van der Waals surface area (Å²) in [6.45, 7) is 0. The number of hydrogen-bond donors (Lipinski definition) is 2. The van der Waals surface area contributed by atoms with Crippen molar-refractivity contribution in [1.29, 1.82) is 0 Å². The smallest absolute Gasteiger partial charge is 0.742 e. The van der Waals surface area contributed by atoms with Crippen molar-refractivity contribution >= 4 is 39.9 Å². The van der Waals surface area contributed by atoms with E-state index in [4.69, 9.17) is 4.42 Å². The zero-order valence-electron chi connectivity index (χ0n) is 19.6. The fourth-order valence-electron chi connectivity index (χ4n) is 2.77. The maximum Gasteiger partial charge on any atom is 1.00 e. The molecule has 0 fully saturated rings. The van der Waals surface area contributed by atoms with Crippen molar-refractivity contribution in [1.82, 2.24) is 10.7 Å². The molecule has 10 nitrogen and oxygen atoms in total. The summed E-state index contributed by atoms with van der Waals surface area (Å²) < 4.78 is 51.2. The number of anilines is 1. The number of carbonyl (C=O) groups is 2. The minimum absolute atomic E-state index is 0. The molecule has 0 radical (unpaired) electrons. The molecule has 2 N–H and O–H groups in total. The number of benzene rings is 2. The number of furan rings is 1. The molecule has 3 rings (SSSR count). The second-order valence-electron chi connectivity index (χ2n) is 7.32. The largest absolute Gasteiger partial charge is 1.00 e.